The van der Waals surface area contributed by atoms with Gasteiger partial charge in [0.25, 0.3) is 0 Å². The standard InChI is InChI=1S/C14H15NO2S/c1-10(16)15-9-12-7-8-13(18-12)14(17)11-5-3-2-4-6-11/h2-8,14,17H,9H2,1H3,(H,15,16). The maximum atomic E-state index is 10.8. The molecule has 0 saturated carbocycles. The molecule has 0 bridgehead atoms. The van der Waals surface area contributed by atoms with E-state index >= 15 is 0 Å². The van der Waals surface area contributed by atoms with Gasteiger partial charge in [-0.1, -0.05) is 30.3 Å². The summed E-state index contributed by atoms with van der Waals surface area (Å²) in [6, 6.07) is 13.4. The molecule has 18 heavy (non-hydrogen) atoms. The van der Waals surface area contributed by atoms with Gasteiger partial charge in [-0.05, 0) is 17.7 Å². The Kier molecular flexibility index (Phi) is 4.12. The molecule has 2 N–H and O–H groups in total. The molecule has 0 aliphatic rings. The van der Waals surface area contributed by atoms with Crippen LogP contribution in [-0.2, 0) is 11.3 Å². The van der Waals surface area contributed by atoms with Crippen molar-refractivity contribution in [3.63, 3.8) is 0 Å². The molecule has 1 amide bonds. The van der Waals surface area contributed by atoms with Crippen molar-refractivity contribution < 1.29 is 9.90 Å². The second-order valence-corrected chi connectivity index (χ2v) is 5.23. The molecular formula is C14H15NO2S. The van der Waals surface area contributed by atoms with Crippen LogP contribution in [0, 0.1) is 0 Å². The average molecular weight is 261 g/mol. The minimum absolute atomic E-state index is 0.0476. The quantitative estimate of drug-likeness (QED) is 0.888. The summed E-state index contributed by atoms with van der Waals surface area (Å²) >= 11 is 1.51. The molecule has 1 aromatic carbocycles. The molecule has 1 heterocycles. The lowest BCUT2D eigenvalue weighted by molar-refractivity contribution is -0.119. The highest BCUT2D eigenvalue weighted by Crippen LogP contribution is 2.28. The van der Waals surface area contributed by atoms with E-state index in [1.165, 1.54) is 18.3 Å². The van der Waals surface area contributed by atoms with Crippen LogP contribution in [0.2, 0.25) is 0 Å². The van der Waals surface area contributed by atoms with Gasteiger partial charge < -0.3 is 10.4 Å². The van der Waals surface area contributed by atoms with E-state index in [4.69, 9.17) is 0 Å². The number of nitrogens with one attached hydrogen (secondary N) is 1. The van der Waals surface area contributed by atoms with Crippen molar-refractivity contribution in [2.45, 2.75) is 19.6 Å². The molecule has 94 valence electrons. The zero-order chi connectivity index (χ0) is 13.0. The number of benzene rings is 1. The number of aliphatic hydroxyl groups is 1. The molecule has 0 aliphatic heterocycles. The van der Waals surface area contributed by atoms with Crippen LogP contribution in [0.4, 0.5) is 0 Å². The van der Waals surface area contributed by atoms with Crippen molar-refractivity contribution >= 4 is 17.2 Å². The third-order valence-corrected chi connectivity index (χ3v) is 3.72. The summed E-state index contributed by atoms with van der Waals surface area (Å²) in [4.78, 5) is 12.8. The first-order chi connectivity index (χ1) is 8.66. The lowest BCUT2D eigenvalue weighted by Gasteiger charge is -2.08. The zero-order valence-electron chi connectivity index (χ0n) is 10.1. The molecule has 0 aliphatic carbocycles. The van der Waals surface area contributed by atoms with Crippen LogP contribution in [-0.4, -0.2) is 11.0 Å². The van der Waals surface area contributed by atoms with E-state index in [0.29, 0.717) is 6.54 Å². The minimum atomic E-state index is -0.595. The van der Waals surface area contributed by atoms with Gasteiger partial charge in [0.2, 0.25) is 5.91 Å². The van der Waals surface area contributed by atoms with Crippen molar-refractivity contribution in [3.8, 4) is 0 Å². The molecule has 0 radical (unpaired) electrons. The van der Waals surface area contributed by atoms with Gasteiger partial charge in [0.05, 0.1) is 6.54 Å². The molecule has 0 fully saturated rings. The van der Waals surface area contributed by atoms with Crippen LogP contribution < -0.4 is 5.32 Å². The summed E-state index contributed by atoms with van der Waals surface area (Å²) < 4.78 is 0. The Morgan fingerprint density at radius 1 is 1.28 bits per heavy atom. The fraction of sp³-hybridized carbons (Fsp3) is 0.214. The van der Waals surface area contributed by atoms with Gasteiger partial charge in [-0.25, -0.2) is 0 Å². The molecule has 2 rings (SSSR count). The third-order valence-electron chi connectivity index (χ3n) is 2.58. The number of hydrogen-bond donors (Lipinski definition) is 2. The van der Waals surface area contributed by atoms with Gasteiger partial charge in [-0.2, -0.15) is 0 Å². The normalized spacial score (nSPS) is 12.1. The van der Waals surface area contributed by atoms with E-state index in [0.717, 1.165) is 15.3 Å². The van der Waals surface area contributed by atoms with Gasteiger partial charge in [0.1, 0.15) is 6.10 Å². The second kappa shape index (κ2) is 5.80. The van der Waals surface area contributed by atoms with Crippen molar-refractivity contribution in [1.82, 2.24) is 5.32 Å². The van der Waals surface area contributed by atoms with E-state index in [1.807, 2.05) is 42.5 Å². The summed E-state index contributed by atoms with van der Waals surface area (Å²) in [5.74, 6) is -0.0476. The lowest BCUT2D eigenvalue weighted by Crippen LogP contribution is -2.18. The SMILES string of the molecule is CC(=O)NCc1ccc(C(O)c2ccccc2)s1. The van der Waals surface area contributed by atoms with Crippen molar-refractivity contribution in [3.05, 3.63) is 57.8 Å². The minimum Gasteiger partial charge on any atom is -0.383 e. The first kappa shape index (κ1) is 12.8. The van der Waals surface area contributed by atoms with Crippen LogP contribution >= 0.6 is 11.3 Å². The Morgan fingerprint density at radius 2 is 2.00 bits per heavy atom. The van der Waals surface area contributed by atoms with Gasteiger partial charge in [-0.15, -0.1) is 11.3 Å². The molecule has 4 heteroatoms. The number of carbonyl (C=O) groups excluding carboxylic acids is 1. The highest BCUT2D eigenvalue weighted by Gasteiger charge is 2.12. The number of amides is 1. The summed E-state index contributed by atoms with van der Waals surface area (Å²) in [6.45, 7) is 2.01. The average Bonchev–Trinajstić information content (AvgIpc) is 2.85. The zero-order valence-corrected chi connectivity index (χ0v) is 10.9. The van der Waals surface area contributed by atoms with E-state index in [-0.39, 0.29) is 5.91 Å². The number of rotatable bonds is 4. The Labute approximate surface area is 110 Å². The van der Waals surface area contributed by atoms with Crippen LogP contribution in [0.15, 0.2) is 42.5 Å². The first-order valence-corrected chi connectivity index (χ1v) is 6.54. The number of carbonyl (C=O) groups is 1. The summed E-state index contributed by atoms with van der Waals surface area (Å²) in [7, 11) is 0. The monoisotopic (exact) mass is 261 g/mol. The number of hydrogen-bond acceptors (Lipinski definition) is 3. The molecule has 3 nitrogen and oxygen atoms in total. The topological polar surface area (TPSA) is 49.3 Å². The van der Waals surface area contributed by atoms with Gasteiger partial charge in [0.15, 0.2) is 0 Å². The number of thiophene rings is 1. The van der Waals surface area contributed by atoms with Crippen molar-refractivity contribution in [2.24, 2.45) is 0 Å². The maximum absolute atomic E-state index is 10.8. The third kappa shape index (κ3) is 3.18. The van der Waals surface area contributed by atoms with E-state index in [1.54, 1.807) is 0 Å². The summed E-state index contributed by atoms with van der Waals surface area (Å²) in [5.41, 5.74) is 0.880. The fourth-order valence-electron chi connectivity index (χ4n) is 1.65. The molecule has 1 atom stereocenters. The Hall–Kier alpha value is -1.65. The van der Waals surface area contributed by atoms with Crippen LogP contribution in [0.3, 0.4) is 0 Å². The number of aliphatic hydroxyl groups excluding tert-OH is 1. The molecule has 0 spiro atoms. The predicted octanol–water partition coefficient (Wildman–Crippen LogP) is 2.47. The predicted molar refractivity (Wildman–Crippen MR) is 72.3 cm³/mol. The molecule has 1 aromatic heterocycles. The van der Waals surface area contributed by atoms with Crippen LogP contribution in [0.25, 0.3) is 0 Å². The highest BCUT2D eigenvalue weighted by molar-refractivity contribution is 7.12. The second-order valence-electron chi connectivity index (χ2n) is 4.03. The summed E-state index contributed by atoms with van der Waals surface area (Å²) in [6.07, 6.45) is -0.595. The Balaban J connectivity index is 2.08. The Morgan fingerprint density at radius 3 is 2.67 bits per heavy atom. The lowest BCUT2D eigenvalue weighted by atomic mass is 10.1. The molecule has 0 saturated heterocycles. The molecule has 2 aromatic rings. The van der Waals surface area contributed by atoms with Gasteiger partial charge in [0, 0.05) is 16.7 Å². The molecular weight excluding hydrogens is 246 g/mol. The molecule has 1 unspecified atom stereocenters. The summed E-state index contributed by atoms with van der Waals surface area (Å²) in [5, 5.41) is 12.9. The van der Waals surface area contributed by atoms with E-state index in [2.05, 4.69) is 5.32 Å². The fourth-order valence-corrected chi connectivity index (χ4v) is 2.61. The van der Waals surface area contributed by atoms with Crippen molar-refractivity contribution in [2.75, 3.05) is 0 Å². The van der Waals surface area contributed by atoms with Gasteiger partial charge >= 0.3 is 0 Å². The largest absolute Gasteiger partial charge is 0.383 e. The smallest absolute Gasteiger partial charge is 0.217 e. The Bertz CT molecular complexity index is 522. The van der Waals surface area contributed by atoms with E-state index < -0.39 is 6.10 Å². The maximum Gasteiger partial charge on any atom is 0.217 e. The van der Waals surface area contributed by atoms with Gasteiger partial charge in [-0.3, -0.25) is 4.79 Å². The van der Waals surface area contributed by atoms with E-state index in [9.17, 15) is 9.90 Å². The van der Waals surface area contributed by atoms with Crippen LogP contribution in [0.1, 0.15) is 28.3 Å². The van der Waals surface area contributed by atoms with Crippen molar-refractivity contribution in [1.29, 1.82) is 0 Å². The first-order valence-electron chi connectivity index (χ1n) is 5.73. The van der Waals surface area contributed by atoms with Crippen LogP contribution in [0.5, 0.6) is 0 Å². The highest BCUT2D eigenvalue weighted by atomic mass is 32.1.